The van der Waals surface area contributed by atoms with Gasteiger partial charge in [0.2, 0.25) is 0 Å². The van der Waals surface area contributed by atoms with Crippen molar-refractivity contribution >= 4 is 0 Å². The van der Waals surface area contributed by atoms with Crippen LogP contribution >= 0.6 is 0 Å². The molecule has 0 aromatic heterocycles. The molecule has 0 amide bonds. The van der Waals surface area contributed by atoms with E-state index in [9.17, 15) is 0 Å². The molecule has 1 rings (SSSR count). The lowest BCUT2D eigenvalue weighted by Crippen LogP contribution is -2.20. The van der Waals surface area contributed by atoms with Gasteiger partial charge in [0.1, 0.15) is 11.5 Å². The van der Waals surface area contributed by atoms with Gasteiger partial charge in [0.05, 0.1) is 14.2 Å². The molecule has 0 aliphatic rings. The third-order valence-electron chi connectivity index (χ3n) is 2.79. The van der Waals surface area contributed by atoms with Gasteiger partial charge in [0, 0.05) is 12.6 Å². The summed E-state index contributed by atoms with van der Waals surface area (Å²) in [4.78, 5) is 0. The smallest absolute Gasteiger partial charge is 0.122 e. The van der Waals surface area contributed by atoms with E-state index in [0.717, 1.165) is 31.0 Å². The van der Waals surface area contributed by atoms with Crippen molar-refractivity contribution in [3.05, 3.63) is 23.8 Å². The number of ether oxygens (including phenoxy) is 2. The van der Waals surface area contributed by atoms with Crippen molar-refractivity contribution in [2.75, 3.05) is 20.8 Å². The largest absolute Gasteiger partial charge is 0.497 e. The summed E-state index contributed by atoms with van der Waals surface area (Å²) in [6.07, 6.45) is 1.16. The molecule has 0 aliphatic heterocycles. The number of benzene rings is 1. The van der Waals surface area contributed by atoms with Crippen molar-refractivity contribution in [2.24, 2.45) is 5.41 Å². The van der Waals surface area contributed by atoms with Gasteiger partial charge in [-0.3, -0.25) is 0 Å². The first-order valence-electron chi connectivity index (χ1n) is 6.37. The average molecular weight is 251 g/mol. The Hall–Kier alpha value is -1.22. The van der Waals surface area contributed by atoms with Crippen LogP contribution in [0.25, 0.3) is 0 Å². The van der Waals surface area contributed by atoms with Gasteiger partial charge in [0.15, 0.2) is 0 Å². The Morgan fingerprint density at radius 2 is 1.56 bits per heavy atom. The normalized spacial score (nSPS) is 11.4. The fraction of sp³-hybridized carbons (Fsp3) is 0.600. The maximum Gasteiger partial charge on any atom is 0.122 e. The Labute approximate surface area is 110 Å². The van der Waals surface area contributed by atoms with E-state index in [1.165, 1.54) is 5.56 Å². The Balaban J connectivity index is 2.51. The van der Waals surface area contributed by atoms with E-state index in [4.69, 9.17) is 9.47 Å². The third kappa shape index (κ3) is 5.41. The molecule has 0 unspecified atom stereocenters. The first-order chi connectivity index (χ1) is 8.44. The Bertz CT molecular complexity index is 347. The topological polar surface area (TPSA) is 30.5 Å². The van der Waals surface area contributed by atoms with Gasteiger partial charge in [-0.25, -0.2) is 0 Å². The van der Waals surface area contributed by atoms with E-state index in [-0.39, 0.29) is 0 Å². The van der Waals surface area contributed by atoms with Crippen molar-refractivity contribution in [1.29, 1.82) is 0 Å². The second kappa shape index (κ2) is 6.64. The van der Waals surface area contributed by atoms with Gasteiger partial charge in [-0.1, -0.05) is 20.8 Å². The highest BCUT2D eigenvalue weighted by Crippen LogP contribution is 2.22. The van der Waals surface area contributed by atoms with Crippen LogP contribution in [-0.4, -0.2) is 20.8 Å². The molecule has 0 saturated carbocycles. The highest BCUT2D eigenvalue weighted by Gasteiger charge is 2.09. The Morgan fingerprint density at radius 1 is 1.00 bits per heavy atom. The predicted molar refractivity (Wildman–Crippen MR) is 75.3 cm³/mol. The van der Waals surface area contributed by atoms with Gasteiger partial charge in [-0.15, -0.1) is 0 Å². The molecule has 0 fully saturated rings. The highest BCUT2D eigenvalue weighted by molar-refractivity contribution is 5.38. The molecule has 0 radical (unpaired) electrons. The van der Waals surface area contributed by atoms with Crippen LogP contribution in [0.2, 0.25) is 0 Å². The molecular formula is C15H25NO2. The van der Waals surface area contributed by atoms with Gasteiger partial charge >= 0.3 is 0 Å². The summed E-state index contributed by atoms with van der Waals surface area (Å²) in [7, 11) is 3.34. The number of hydrogen-bond acceptors (Lipinski definition) is 3. The molecule has 0 heterocycles. The van der Waals surface area contributed by atoms with E-state index < -0.39 is 0 Å². The van der Waals surface area contributed by atoms with Crippen molar-refractivity contribution in [2.45, 2.75) is 33.7 Å². The van der Waals surface area contributed by atoms with Crippen LogP contribution in [0.1, 0.15) is 32.8 Å². The molecule has 0 saturated heterocycles. The van der Waals surface area contributed by atoms with Gasteiger partial charge in [-0.2, -0.15) is 0 Å². The molecule has 18 heavy (non-hydrogen) atoms. The Kier molecular flexibility index (Phi) is 5.48. The van der Waals surface area contributed by atoms with Crippen LogP contribution in [0, 0.1) is 5.41 Å². The van der Waals surface area contributed by atoms with Gasteiger partial charge < -0.3 is 14.8 Å². The van der Waals surface area contributed by atoms with Crippen LogP contribution in [0.4, 0.5) is 0 Å². The molecule has 3 nitrogen and oxygen atoms in total. The summed E-state index contributed by atoms with van der Waals surface area (Å²) in [6, 6.07) is 5.96. The second-order valence-electron chi connectivity index (χ2n) is 5.71. The summed E-state index contributed by atoms with van der Waals surface area (Å²) < 4.78 is 10.5. The van der Waals surface area contributed by atoms with Crippen LogP contribution < -0.4 is 14.8 Å². The lowest BCUT2D eigenvalue weighted by molar-refractivity contribution is 0.366. The summed E-state index contributed by atoms with van der Waals surface area (Å²) in [6.45, 7) is 8.61. The number of nitrogens with one attached hydrogen (secondary N) is 1. The van der Waals surface area contributed by atoms with E-state index in [2.05, 4.69) is 26.1 Å². The van der Waals surface area contributed by atoms with Crippen LogP contribution in [0.5, 0.6) is 11.5 Å². The zero-order valence-electron chi connectivity index (χ0n) is 12.2. The Morgan fingerprint density at radius 3 is 2.00 bits per heavy atom. The van der Waals surface area contributed by atoms with Crippen LogP contribution in [0.15, 0.2) is 18.2 Å². The molecule has 0 atom stereocenters. The fourth-order valence-corrected chi connectivity index (χ4v) is 1.66. The monoisotopic (exact) mass is 251 g/mol. The lowest BCUT2D eigenvalue weighted by atomic mass is 9.92. The minimum atomic E-state index is 0.374. The number of hydrogen-bond donors (Lipinski definition) is 1. The summed E-state index contributed by atoms with van der Waals surface area (Å²) in [5.74, 6) is 1.67. The average Bonchev–Trinajstić information content (AvgIpc) is 2.33. The molecule has 0 aliphatic carbocycles. The standard InChI is InChI=1S/C15H25NO2/c1-15(2,3)6-7-16-11-12-8-13(17-4)10-14(9-12)18-5/h8-10,16H,6-7,11H2,1-5H3. The quantitative estimate of drug-likeness (QED) is 0.787. The van der Waals surface area contributed by atoms with E-state index in [0.29, 0.717) is 5.41 Å². The van der Waals surface area contributed by atoms with Gasteiger partial charge in [0.25, 0.3) is 0 Å². The lowest BCUT2D eigenvalue weighted by Gasteiger charge is -2.18. The predicted octanol–water partition coefficient (Wildman–Crippen LogP) is 3.23. The minimum Gasteiger partial charge on any atom is -0.497 e. The minimum absolute atomic E-state index is 0.374. The van der Waals surface area contributed by atoms with E-state index in [1.54, 1.807) is 14.2 Å². The summed E-state index contributed by atoms with van der Waals surface area (Å²) in [5.41, 5.74) is 1.55. The summed E-state index contributed by atoms with van der Waals surface area (Å²) >= 11 is 0. The van der Waals surface area contributed by atoms with Crippen LogP contribution in [-0.2, 0) is 6.54 Å². The molecular weight excluding hydrogens is 226 g/mol. The van der Waals surface area contributed by atoms with Crippen molar-refractivity contribution < 1.29 is 9.47 Å². The molecule has 0 spiro atoms. The molecule has 102 valence electrons. The fourth-order valence-electron chi connectivity index (χ4n) is 1.66. The molecule has 1 N–H and O–H groups in total. The number of rotatable bonds is 6. The van der Waals surface area contributed by atoms with Gasteiger partial charge in [-0.05, 0) is 36.1 Å². The second-order valence-corrected chi connectivity index (χ2v) is 5.71. The molecule has 3 heteroatoms. The third-order valence-corrected chi connectivity index (χ3v) is 2.79. The summed E-state index contributed by atoms with van der Waals surface area (Å²) in [5, 5.41) is 3.45. The first-order valence-corrected chi connectivity index (χ1v) is 6.37. The van der Waals surface area contributed by atoms with Crippen molar-refractivity contribution in [1.82, 2.24) is 5.32 Å². The molecule has 1 aromatic carbocycles. The zero-order valence-corrected chi connectivity index (χ0v) is 12.2. The first kappa shape index (κ1) is 14.8. The van der Waals surface area contributed by atoms with Crippen LogP contribution in [0.3, 0.4) is 0 Å². The van der Waals surface area contributed by atoms with Crippen molar-refractivity contribution in [3.8, 4) is 11.5 Å². The van der Waals surface area contributed by atoms with E-state index >= 15 is 0 Å². The van der Waals surface area contributed by atoms with E-state index in [1.807, 2.05) is 18.2 Å². The molecule has 0 bridgehead atoms. The maximum atomic E-state index is 5.25. The van der Waals surface area contributed by atoms with Crippen molar-refractivity contribution in [3.63, 3.8) is 0 Å². The highest BCUT2D eigenvalue weighted by atomic mass is 16.5. The maximum absolute atomic E-state index is 5.25. The molecule has 1 aromatic rings. The number of methoxy groups -OCH3 is 2. The SMILES string of the molecule is COc1cc(CNCCC(C)(C)C)cc(OC)c1. The zero-order chi connectivity index (χ0) is 13.6.